The topological polar surface area (TPSA) is 12.0 Å². The van der Waals surface area contributed by atoms with Crippen molar-refractivity contribution in [3.63, 3.8) is 0 Å². The van der Waals surface area contributed by atoms with Crippen molar-refractivity contribution in [2.24, 2.45) is 17.8 Å². The van der Waals surface area contributed by atoms with Gasteiger partial charge in [-0.1, -0.05) is 39.3 Å². The van der Waals surface area contributed by atoms with Crippen LogP contribution in [0.4, 0.5) is 0 Å². The van der Waals surface area contributed by atoms with Gasteiger partial charge in [-0.3, -0.25) is 0 Å². The fourth-order valence-corrected chi connectivity index (χ4v) is 3.15. The van der Waals surface area contributed by atoms with Crippen molar-refractivity contribution in [3.8, 4) is 0 Å². The van der Waals surface area contributed by atoms with E-state index in [0.717, 1.165) is 24.9 Å². The largest absolute Gasteiger partial charge is 0.313 e. The van der Waals surface area contributed by atoms with Gasteiger partial charge in [-0.2, -0.15) is 11.8 Å². The molecule has 0 saturated carbocycles. The average molecular weight is 241 g/mol. The van der Waals surface area contributed by atoms with Crippen LogP contribution in [-0.4, -0.2) is 24.6 Å². The zero-order valence-corrected chi connectivity index (χ0v) is 12.1. The molecule has 94 valence electrons. The number of thioether (sulfide) groups is 1. The Morgan fingerprint density at radius 1 is 1.38 bits per heavy atom. The van der Waals surface area contributed by atoms with Crippen LogP contribution in [0.1, 0.15) is 34.1 Å². The third kappa shape index (κ3) is 5.40. The van der Waals surface area contributed by atoms with E-state index in [1.165, 1.54) is 17.9 Å². The highest BCUT2D eigenvalue weighted by molar-refractivity contribution is 7.99. The lowest BCUT2D eigenvalue weighted by molar-refractivity contribution is 0.553. The van der Waals surface area contributed by atoms with Crippen molar-refractivity contribution in [2.75, 3.05) is 24.6 Å². The molecule has 2 heteroatoms. The zero-order chi connectivity index (χ0) is 12.0. The average Bonchev–Trinajstić information content (AvgIpc) is 2.68. The van der Waals surface area contributed by atoms with Crippen LogP contribution in [0.2, 0.25) is 0 Å². The van der Waals surface area contributed by atoms with Gasteiger partial charge in [0.1, 0.15) is 0 Å². The van der Waals surface area contributed by atoms with Gasteiger partial charge in [0.25, 0.3) is 0 Å². The summed E-state index contributed by atoms with van der Waals surface area (Å²) in [5.74, 6) is 4.95. The Hall–Kier alpha value is 0.0500. The van der Waals surface area contributed by atoms with E-state index in [-0.39, 0.29) is 0 Å². The summed E-state index contributed by atoms with van der Waals surface area (Å²) in [5.41, 5.74) is 1.60. The maximum Gasteiger partial charge on any atom is 0.0167 e. The fraction of sp³-hybridized carbons (Fsp3) is 0.857. The van der Waals surface area contributed by atoms with Gasteiger partial charge in [0, 0.05) is 6.54 Å². The third-order valence-corrected chi connectivity index (χ3v) is 4.23. The van der Waals surface area contributed by atoms with E-state index in [1.807, 2.05) is 0 Å². The molecule has 1 heterocycles. The highest BCUT2D eigenvalue weighted by Gasteiger charge is 2.14. The molecule has 0 spiro atoms. The maximum atomic E-state index is 3.57. The predicted octanol–water partition coefficient (Wildman–Crippen LogP) is 3.57. The van der Waals surface area contributed by atoms with Crippen LogP contribution in [0.3, 0.4) is 0 Å². The van der Waals surface area contributed by atoms with Crippen molar-refractivity contribution in [1.29, 1.82) is 0 Å². The second kappa shape index (κ2) is 7.39. The van der Waals surface area contributed by atoms with Crippen molar-refractivity contribution >= 4 is 11.8 Å². The van der Waals surface area contributed by atoms with E-state index in [1.54, 1.807) is 5.57 Å². The molecule has 0 aromatic carbocycles. The maximum absolute atomic E-state index is 3.57. The minimum absolute atomic E-state index is 0.685. The van der Waals surface area contributed by atoms with E-state index in [2.05, 4.69) is 50.8 Å². The van der Waals surface area contributed by atoms with Gasteiger partial charge < -0.3 is 5.32 Å². The van der Waals surface area contributed by atoms with Crippen LogP contribution in [0.25, 0.3) is 0 Å². The highest BCUT2D eigenvalue weighted by Crippen LogP contribution is 2.26. The SMILES string of the molecule is CC(C)CNCC(=CC1CCSC1)C(C)C. The molecule has 1 rings (SSSR count). The molecule has 1 saturated heterocycles. The molecule has 0 bridgehead atoms. The Morgan fingerprint density at radius 3 is 2.62 bits per heavy atom. The molecule has 1 atom stereocenters. The normalized spacial score (nSPS) is 22.4. The minimum atomic E-state index is 0.685. The van der Waals surface area contributed by atoms with Crippen LogP contribution in [0, 0.1) is 17.8 Å². The third-order valence-electron chi connectivity index (χ3n) is 3.04. The Bertz CT molecular complexity index is 215. The molecule has 1 fully saturated rings. The lowest BCUT2D eigenvalue weighted by Gasteiger charge is -2.16. The van der Waals surface area contributed by atoms with E-state index < -0.39 is 0 Å². The van der Waals surface area contributed by atoms with Gasteiger partial charge in [-0.05, 0) is 42.2 Å². The Balaban J connectivity index is 2.40. The smallest absolute Gasteiger partial charge is 0.0167 e. The van der Waals surface area contributed by atoms with Crippen molar-refractivity contribution in [3.05, 3.63) is 11.6 Å². The molecule has 0 aliphatic carbocycles. The van der Waals surface area contributed by atoms with Gasteiger partial charge in [0.2, 0.25) is 0 Å². The monoisotopic (exact) mass is 241 g/mol. The Labute approximate surface area is 105 Å². The standard InChI is InChI=1S/C14H27NS/c1-11(2)8-15-9-14(12(3)4)7-13-5-6-16-10-13/h7,11-13,15H,5-6,8-10H2,1-4H3. The van der Waals surface area contributed by atoms with Crippen LogP contribution in [0.5, 0.6) is 0 Å². The molecule has 1 N–H and O–H groups in total. The highest BCUT2D eigenvalue weighted by atomic mass is 32.2. The number of rotatable bonds is 6. The summed E-state index contributed by atoms with van der Waals surface area (Å²) in [6, 6.07) is 0. The van der Waals surface area contributed by atoms with Gasteiger partial charge in [0.05, 0.1) is 0 Å². The summed E-state index contributed by atoms with van der Waals surface area (Å²) in [6.07, 6.45) is 3.92. The Kier molecular flexibility index (Phi) is 6.52. The number of nitrogens with one attached hydrogen (secondary N) is 1. The van der Waals surface area contributed by atoms with E-state index in [9.17, 15) is 0 Å². The zero-order valence-electron chi connectivity index (χ0n) is 11.3. The minimum Gasteiger partial charge on any atom is -0.313 e. The lowest BCUT2D eigenvalue weighted by Crippen LogP contribution is -2.24. The van der Waals surface area contributed by atoms with Crippen LogP contribution in [0.15, 0.2) is 11.6 Å². The first kappa shape index (κ1) is 14.1. The van der Waals surface area contributed by atoms with E-state index in [0.29, 0.717) is 5.92 Å². The van der Waals surface area contributed by atoms with Crippen LogP contribution in [-0.2, 0) is 0 Å². The predicted molar refractivity (Wildman–Crippen MR) is 76.1 cm³/mol. The van der Waals surface area contributed by atoms with Gasteiger partial charge >= 0.3 is 0 Å². The molecular formula is C14H27NS. The molecule has 1 unspecified atom stereocenters. The molecule has 0 amide bonds. The van der Waals surface area contributed by atoms with Gasteiger partial charge in [0.15, 0.2) is 0 Å². The summed E-state index contributed by atoms with van der Waals surface area (Å²) < 4.78 is 0. The first-order chi connectivity index (χ1) is 7.59. The quantitative estimate of drug-likeness (QED) is 0.714. The van der Waals surface area contributed by atoms with E-state index >= 15 is 0 Å². The second-order valence-electron chi connectivity index (χ2n) is 5.54. The molecule has 1 nitrogen and oxygen atoms in total. The molecular weight excluding hydrogens is 214 g/mol. The number of allylic oxidation sites excluding steroid dienone is 1. The van der Waals surface area contributed by atoms with Crippen LogP contribution < -0.4 is 5.32 Å². The van der Waals surface area contributed by atoms with Gasteiger partial charge in [-0.15, -0.1) is 0 Å². The molecule has 0 aromatic heterocycles. The summed E-state index contributed by atoms with van der Waals surface area (Å²) in [7, 11) is 0. The molecule has 0 radical (unpaired) electrons. The number of hydrogen-bond acceptors (Lipinski definition) is 2. The summed E-state index contributed by atoms with van der Waals surface area (Å²) in [6.45, 7) is 11.4. The second-order valence-corrected chi connectivity index (χ2v) is 6.69. The van der Waals surface area contributed by atoms with Crippen LogP contribution >= 0.6 is 11.8 Å². The molecule has 1 aliphatic heterocycles. The molecule has 0 aromatic rings. The summed E-state index contributed by atoms with van der Waals surface area (Å²) >= 11 is 2.10. The van der Waals surface area contributed by atoms with Crippen molar-refractivity contribution in [1.82, 2.24) is 5.32 Å². The van der Waals surface area contributed by atoms with Gasteiger partial charge in [-0.25, -0.2) is 0 Å². The van der Waals surface area contributed by atoms with Crippen molar-refractivity contribution < 1.29 is 0 Å². The first-order valence-corrected chi connectivity index (χ1v) is 7.74. The summed E-state index contributed by atoms with van der Waals surface area (Å²) in [4.78, 5) is 0. The first-order valence-electron chi connectivity index (χ1n) is 6.58. The Morgan fingerprint density at radius 2 is 2.12 bits per heavy atom. The lowest BCUT2D eigenvalue weighted by atomic mass is 9.97. The van der Waals surface area contributed by atoms with Crippen molar-refractivity contribution in [2.45, 2.75) is 34.1 Å². The van der Waals surface area contributed by atoms with E-state index in [4.69, 9.17) is 0 Å². The molecule has 1 aliphatic rings. The summed E-state index contributed by atoms with van der Waals surface area (Å²) in [5, 5.41) is 3.57. The fourth-order valence-electron chi connectivity index (χ4n) is 1.95. The molecule has 16 heavy (non-hydrogen) atoms. The number of hydrogen-bond donors (Lipinski definition) is 1.